The molecule has 1 heterocycles. The predicted molar refractivity (Wildman–Crippen MR) is 129 cm³/mol. The van der Waals surface area contributed by atoms with Gasteiger partial charge in [0.25, 0.3) is 0 Å². The van der Waals surface area contributed by atoms with Crippen LogP contribution in [0.25, 0.3) is 11.1 Å². The van der Waals surface area contributed by atoms with Gasteiger partial charge in [0.15, 0.2) is 0 Å². The Labute approximate surface area is 190 Å². The number of likely N-dealkylation sites (N-methyl/N-ethyl adjacent to an activating group) is 1. The molecule has 0 fully saturated rings. The Kier molecular flexibility index (Phi) is 7.69. The highest BCUT2D eigenvalue weighted by Gasteiger charge is 2.19. The van der Waals surface area contributed by atoms with Crippen molar-refractivity contribution < 1.29 is 4.79 Å². The molecular formula is C25H28ClN4O. The fraction of sp³-hybridized carbons (Fsp3) is 0.240. The van der Waals surface area contributed by atoms with Gasteiger partial charge in [0.05, 0.1) is 11.4 Å². The fourth-order valence-electron chi connectivity index (χ4n) is 3.67. The lowest BCUT2D eigenvalue weighted by Gasteiger charge is -2.24. The summed E-state index contributed by atoms with van der Waals surface area (Å²) in [6.07, 6.45) is 0. The van der Waals surface area contributed by atoms with Crippen LogP contribution in [0.4, 0.5) is 16.2 Å². The van der Waals surface area contributed by atoms with Crippen molar-refractivity contribution in [2.45, 2.75) is 13.1 Å². The standard InChI is InChI=1S/C25H27N4O.ClH/c1-28(2)13-14-29(17-19-7-4-3-5-8-19)18-20-9-6-10-21(15-20)22-11-12-23-24(16-22)27-25(30)26-23;/h3-12,15-16H,13-14,17-18H2,1-2H3,(H,26,30);1H. The van der Waals surface area contributed by atoms with Crippen LogP contribution in [-0.4, -0.2) is 43.0 Å². The molecule has 1 N–H and O–H groups in total. The molecule has 2 amide bonds. The van der Waals surface area contributed by atoms with Crippen LogP contribution in [0.1, 0.15) is 11.1 Å². The van der Waals surface area contributed by atoms with E-state index in [0.717, 1.165) is 43.0 Å². The Hall–Kier alpha value is -2.86. The molecule has 1 radical (unpaired) electrons. The van der Waals surface area contributed by atoms with Crippen molar-refractivity contribution in [3.8, 4) is 11.1 Å². The normalized spacial score (nSPS) is 12.3. The van der Waals surface area contributed by atoms with Crippen LogP contribution < -0.4 is 10.6 Å². The van der Waals surface area contributed by atoms with Crippen LogP contribution in [0, 0.1) is 0 Å². The van der Waals surface area contributed by atoms with E-state index in [9.17, 15) is 4.79 Å². The molecule has 5 nitrogen and oxygen atoms in total. The number of hydrogen-bond donors (Lipinski definition) is 1. The number of carbonyl (C=O) groups is 1. The number of nitrogens with zero attached hydrogens (tertiary/aromatic N) is 3. The highest BCUT2D eigenvalue weighted by Crippen LogP contribution is 2.32. The third-order valence-electron chi connectivity index (χ3n) is 5.24. The van der Waals surface area contributed by atoms with E-state index in [-0.39, 0.29) is 18.4 Å². The average Bonchev–Trinajstić information content (AvgIpc) is 3.12. The Morgan fingerprint density at radius 1 is 0.806 bits per heavy atom. The molecule has 4 rings (SSSR count). The third-order valence-corrected chi connectivity index (χ3v) is 5.24. The molecular weight excluding hydrogens is 408 g/mol. The number of urea groups is 1. The van der Waals surface area contributed by atoms with E-state index in [1.165, 1.54) is 11.1 Å². The van der Waals surface area contributed by atoms with E-state index in [1.54, 1.807) is 0 Å². The van der Waals surface area contributed by atoms with Crippen molar-refractivity contribution in [3.05, 3.63) is 83.9 Å². The summed E-state index contributed by atoms with van der Waals surface area (Å²) in [6, 6.07) is 24.9. The zero-order valence-corrected chi connectivity index (χ0v) is 18.7. The van der Waals surface area contributed by atoms with Gasteiger partial charge in [0, 0.05) is 26.2 Å². The number of halogens is 1. The van der Waals surface area contributed by atoms with Gasteiger partial charge >= 0.3 is 6.03 Å². The molecule has 0 atom stereocenters. The van der Waals surface area contributed by atoms with E-state index < -0.39 is 0 Å². The molecule has 161 valence electrons. The molecule has 0 spiro atoms. The molecule has 31 heavy (non-hydrogen) atoms. The summed E-state index contributed by atoms with van der Waals surface area (Å²) in [6.45, 7) is 3.81. The van der Waals surface area contributed by atoms with E-state index in [4.69, 9.17) is 0 Å². The molecule has 1 aliphatic rings. The molecule has 0 saturated carbocycles. The number of fused-ring (bicyclic) bond motifs is 1. The minimum atomic E-state index is -0.298. The van der Waals surface area contributed by atoms with Gasteiger partial charge in [-0.05, 0) is 54.5 Å². The highest BCUT2D eigenvalue weighted by molar-refractivity contribution is 6.02. The maximum absolute atomic E-state index is 11.5. The molecule has 3 aromatic rings. The van der Waals surface area contributed by atoms with Crippen molar-refractivity contribution in [2.75, 3.05) is 32.5 Å². The molecule has 1 aliphatic heterocycles. The number of benzene rings is 3. The van der Waals surface area contributed by atoms with Gasteiger partial charge < -0.3 is 10.2 Å². The zero-order chi connectivity index (χ0) is 20.9. The van der Waals surface area contributed by atoms with E-state index in [2.05, 4.69) is 89.1 Å². The summed E-state index contributed by atoms with van der Waals surface area (Å²) in [5, 5.41) is 6.78. The second kappa shape index (κ2) is 10.4. The topological polar surface area (TPSA) is 49.7 Å². The first-order chi connectivity index (χ1) is 14.6. The average molecular weight is 436 g/mol. The van der Waals surface area contributed by atoms with Crippen LogP contribution in [0.3, 0.4) is 0 Å². The lowest BCUT2D eigenvalue weighted by molar-refractivity contribution is 0.226. The summed E-state index contributed by atoms with van der Waals surface area (Å²) in [5.41, 5.74) is 6.28. The summed E-state index contributed by atoms with van der Waals surface area (Å²) < 4.78 is 0. The van der Waals surface area contributed by atoms with Crippen molar-refractivity contribution in [1.29, 1.82) is 0 Å². The summed E-state index contributed by atoms with van der Waals surface area (Å²) in [4.78, 5) is 16.2. The van der Waals surface area contributed by atoms with Crippen LogP contribution in [0.2, 0.25) is 0 Å². The van der Waals surface area contributed by atoms with Crippen LogP contribution >= 0.6 is 12.4 Å². The fourth-order valence-corrected chi connectivity index (χ4v) is 3.67. The minimum Gasteiger partial charge on any atom is -0.308 e. The van der Waals surface area contributed by atoms with E-state index in [0.29, 0.717) is 5.69 Å². The van der Waals surface area contributed by atoms with Crippen LogP contribution in [0.15, 0.2) is 72.8 Å². The number of rotatable bonds is 8. The van der Waals surface area contributed by atoms with Crippen LogP contribution in [0.5, 0.6) is 0 Å². The maximum Gasteiger partial charge on any atom is 0.346 e. The van der Waals surface area contributed by atoms with E-state index >= 15 is 0 Å². The molecule has 0 saturated heterocycles. The second-order valence-corrected chi connectivity index (χ2v) is 7.97. The summed E-state index contributed by atoms with van der Waals surface area (Å²) in [7, 11) is 4.22. The molecule has 0 aromatic heterocycles. The SMILES string of the molecule is CN(C)CCN(Cc1ccccc1)Cc1cccc(-c2ccc3c(c2)[N]C(=O)N3)c1.Cl. The predicted octanol–water partition coefficient (Wildman–Crippen LogP) is 5.12. The van der Waals surface area contributed by atoms with Gasteiger partial charge in [-0.1, -0.05) is 54.6 Å². The van der Waals surface area contributed by atoms with Gasteiger partial charge in [-0.2, -0.15) is 5.32 Å². The molecule has 3 aromatic carbocycles. The lowest BCUT2D eigenvalue weighted by atomic mass is 10.0. The largest absolute Gasteiger partial charge is 0.346 e. The van der Waals surface area contributed by atoms with Gasteiger partial charge in [0.2, 0.25) is 0 Å². The third kappa shape index (κ3) is 6.07. The van der Waals surface area contributed by atoms with Crippen molar-refractivity contribution >= 4 is 29.8 Å². The highest BCUT2D eigenvalue weighted by atomic mass is 35.5. The van der Waals surface area contributed by atoms with Crippen molar-refractivity contribution in [3.63, 3.8) is 0 Å². The molecule has 0 aliphatic carbocycles. The Balaban J connectivity index is 0.00000272. The minimum absolute atomic E-state index is 0. The number of hydrogen-bond acceptors (Lipinski definition) is 3. The van der Waals surface area contributed by atoms with E-state index in [1.807, 2.05) is 18.2 Å². The van der Waals surface area contributed by atoms with Gasteiger partial charge in [-0.25, -0.2) is 4.79 Å². The van der Waals surface area contributed by atoms with Gasteiger partial charge in [0.1, 0.15) is 0 Å². The first kappa shape index (κ1) is 22.8. The first-order valence-corrected chi connectivity index (χ1v) is 10.2. The Morgan fingerprint density at radius 3 is 2.29 bits per heavy atom. The Bertz CT molecular complexity index is 1020. The number of anilines is 1. The first-order valence-electron chi connectivity index (χ1n) is 10.2. The van der Waals surface area contributed by atoms with Crippen molar-refractivity contribution in [2.24, 2.45) is 0 Å². The van der Waals surface area contributed by atoms with Crippen LogP contribution in [-0.2, 0) is 13.1 Å². The number of carbonyl (C=O) groups excluding carboxylic acids is 1. The smallest absolute Gasteiger partial charge is 0.308 e. The number of amides is 2. The molecule has 0 bridgehead atoms. The summed E-state index contributed by atoms with van der Waals surface area (Å²) in [5.74, 6) is 0. The molecule has 6 heteroatoms. The van der Waals surface area contributed by atoms with Gasteiger partial charge in [-0.3, -0.25) is 4.90 Å². The van der Waals surface area contributed by atoms with Gasteiger partial charge in [-0.15, -0.1) is 12.4 Å². The Morgan fingerprint density at radius 2 is 1.52 bits per heavy atom. The summed E-state index contributed by atoms with van der Waals surface area (Å²) >= 11 is 0. The monoisotopic (exact) mass is 435 g/mol. The number of nitrogens with one attached hydrogen (secondary N) is 1. The maximum atomic E-state index is 11.5. The second-order valence-electron chi connectivity index (χ2n) is 7.97. The van der Waals surface area contributed by atoms with Crippen molar-refractivity contribution in [1.82, 2.24) is 15.1 Å². The zero-order valence-electron chi connectivity index (χ0n) is 17.9. The lowest BCUT2D eigenvalue weighted by Crippen LogP contribution is -2.31. The molecule has 0 unspecified atom stereocenters. The quantitative estimate of drug-likeness (QED) is 0.534.